The van der Waals surface area contributed by atoms with E-state index in [1.807, 2.05) is 24.3 Å². The number of phenolic OH excluding ortho intramolecular Hbond substituents is 1. The molecule has 0 aliphatic rings. The normalized spacial score (nSPS) is 11.4. The smallest absolute Gasteiger partial charge is 0.275 e. The van der Waals surface area contributed by atoms with Crippen LogP contribution in [0, 0.1) is 0 Å². The van der Waals surface area contributed by atoms with Crippen molar-refractivity contribution in [1.29, 1.82) is 0 Å². The Balaban J connectivity index is 1.79. The molecule has 2 aromatic carbocycles. The van der Waals surface area contributed by atoms with Crippen molar-refractivity contribution in [1.82, 2.24) is 25.6 Å². The minimum atomic E-state index is -0.505. The number of rotatable bonds is 4. The van der Waals surface area contributed by atoms with Crippen LogP contribution >= 0.6 is 15.9 Å². The van der Waals surface area contributed by atoms with Gasteiger partial charge in [-0.15, -0.1) is 5.10 Å². The molecule has 9 heteroatoms. The van der Waals surface area contributed by atoms with Crippen molar-refractivity contribution in [2.75, 3.05) is 0 Å². The standard InChI is InChI=1S/C16H13BrN6O2/c1-10(11-3-2-4-13(7-11)23-9-18-21-22-23)19-20-16(25)14-8-12(17)5-6-15(14)24/h2-9,24H,1H3,(H,20,25)/b19-10+. The van der Waals surface area contributed by atoms with Gasteiger partial charge in [-0.05, 0) is 53.2 Å². The molecule has 0 aliphatic heterocycles. The first-order valence-corrected chi connectivity index (χ1v) is 8.01. The number of aromatic nitrogens is 4. The zero-order valence-electron chi connectivity index (χ0n) is 13.1. The van der Waals surface area contributed by atoms with Crippen LogP contribution in [-0.2, 0) is 0 Å². The van der Waals surface area contributed by atoms with Gasteiger partial charge in [0.2, 0.25) is 0 Å². The average molecular weight is 401 g/mol. The largest absolute Gasteiger partial charge is 0.507 e. The minimum absolute atomic E-state index is 0.116. The molecule has 0 unspecified atom stereocenters. The zero-order valence-corrected chi connectivity index (χ0v) is 14.7. The second-order valence-corrected chi connectivity index (χ2v) is 6.02. The minimum Gasteiger partial charge on any atom is -0.507 e. The van der Waals surface area contributed by atoms with E-state index in [0.29, 0.717) is 10.2 Å². The molecule has 0 atom stereocenters. The van der Waals surface area contributed by atoms with Crippen LogP contribution in [0.4, 0.5) is 0 Å². The number of nitrogens with zero attached hydrogens (tertiary/aromatic N) is 5. The van der Waals surface area contributed by atoms with Crippen LogP contribution in [0.2, 0.25) is 0 Å². The summed E-state index contributed by atoms with van der Waals surface area (Å²) in [6.07, 6.45) is 1.49. The van der Waals surface area contributed by atoms with Gasteiger partial charge in [0, 0.05) is 4.47 Å². The third kappa shape index (κ3) is 3.89. The fourth-order valence-corrected chi connectivity index (χ4v) is 2.46. The van der Waals surface area contributed by atoms with E-state index in [4.69, 9.17) is 0 Å². The molecule has 1 aromatic heterocycles. The molecule has 8 nitrogen and oxygen atoms in total. The molecule has 25 heavy (non-hydrogen) atoms. The quantitative estimate of drug-likeness (QED) is 0.516. The number of aromatic hydroxyl groups is 1. The number of hydrogen-bond donors (Lipinski definition) is 2. The first kappa shape index (κ1) is 16.8. The lowest BCUT2D eigenvalue weighted by Crippen LogP contribution is -2.19. The highest BCUT2D eigenvalue weighted by Crippen LogP contribution is 2.21. The Bertz CT molecular complexity index is 940. The van der Waals surface area contributed by atoms with E-state index < -0.39 is 5.91 Å². The number of halogens is 1. The number of hydrazone groups is 1. The predicted octanol–water partition coefficient (Wildman–Crippen LogP) is 2.28. The van der Waals surface area contributed by atoms with Crippen LogP contribution in [0.3, 0.4) is 0 Å². The number of amides is 1. The lowest BCUT2D eigenvalue weighted by Gasteiger charge is -2.06. The summed E-state index contributed by atoms with van der Waals surface area (Å²) in [6, 6.07) is 12.0. The number of tetrazole rings is 1. The number of hydrogen-bond acceptors (Lipinski definition) is 6. The summed E-state index contributed by atoms with van der Waals surface area (Å²) in [5, 5.41) is 24.9. The summed E-state index contributed by atoms with van der Waals surface area (Å²) in [6.45, 7) is 1.76. The Morgan fingerprint density at radius 2 is 2.12 bits per heavy atom. The van der Waals surface area contributed by atoms with Gasteiger partial charge in [-0.2, -0.15) is 5.10 Å². The Morgan fingerprint density at radius 3 is 2.88 bits per heavy atom. The van der Waals surface area contributed by atoms with E-state index in [1.165, 1.54) is 23.1 Å². The molecule has 3 rings (SSSR count). The molecule has 0 saturated heterocycles. The molecule has 0 radical (unpaired) electrons. The molecular formula is C16H13BrN6O2. The van der Waals surface area contributed by atoms with E-state index >= 15 is 0 Å². The maximum Gasteiger partial charge on any atom is 0.275 e. The maximum atomic E-state index is 12.2. The lowest BCUT2D eigenvalue weighted by atomic mass is 10.1. The highest BCUT2D eigenvalue weighted by Gasteiger charge is 2.11. The monoisotopic (exact) mass is 400 g/mol. The van der Waals surface area contributed by atoms with Crippen LogP contribution < -0.4 is 5.43 Å². The molecule has 0 aliphatic carbocycles. The van der Waals surface area contributed by atoms with Gasteiger partial charge in [-0.25, -0.2) is 10.1 Å². The molecular weight excluding hydrogens is 388 g/mol. The summed E-state index contributed by atoms with van der Waals surface area (Å²) >= 11 is 3.26. The van der Waals surface area contributed by atoms with E-state index in [0.717, 1.165) is 11.3 Å². The van der Waals surface area contributed by atoms with E-state index in [9.17, 15) is 9.90 Å². The summed E-state index contributed by atoms with van der Waals surface area (Å²) in [4.78, 5) is 12.2. The van der Waals surface area contributed by atoms with Crippen molar-refractivity contribution in [3.63, 3.8) is 0 Å². The van der Waals surface area contributed by atoms with Crippen molar-refractivity contribution in [2.45, 2.75) is 6.92 Å². The third-order valence-electron chi connectivity index (χ3n) is 3.41. The van der Waals surface area contributed by atoms with Crippen LogP contribution in [-0.4, -0.2) is 36.9 Å². The van der Waals surface area contributed by atoms with Crippen molar-refractivity contribution < 1.29 is 9.90 Å². The molecule has 0 saturated carbocycles. The number of carbonyl (C=O) groups excluding carboxylic acids is 1. The van der Waals surface area contributed by atoms with Gasteiger partial charge >= 0.3 is 0 Å². The van der Waals surface area contributed by atoms with Gasteiger partial charge in [0.1, 0.15) is 12.1 Å². The second-order valence-electron chi connectivity index (χ2n) is 5.10. The van der Waals surface area contributed by atoms with Crippen LogP contribution in [0.15, 0.2) is 58.4 Å². The molecule has 1 heterocycles. The van der Waals surface area contributed by atoms with E-state index in [2.05, 4.69) is 42.0 Å². The Morgan fingerprint density at radius 1 is 1.28 bits per heavy atom. The molecule has 3 aromatic rings. The van der Waals surface area contributed by atoms with Crippen molar-refractivity contribution >= 4 is 27.5 Å². The highest BCUT2D eigenvalue weighted by atomic mass is 79.9. The average Bonchev–Trinajstić information content (AvgIpc) is 3.16. The molecule has 2 N–H and O–H groups in total. The first-order valence-electron chi connectivity index (χ1n) is 7.21. The molecule has 1 amide bonds. The van der Waals surface area contributed by atoms with E-state index in [-0.39, 0.29) is 11.3 Å². The summed E-state index contributed by atoms with van der Waals surface area (Å²) in [7, 11) is 0. The fourth-order valence-electron chi connectivity index (χ4n) is 2.10. The summed E-state index contributed by atoms with van der Waals surface area (Å²) in [5.41, 5.74) is 4.74. The Kier molecular flexibility index (Phi) is 4.85. The van der Waals surface area contributed by atoms with Crippen LogP contribution in [0.5, 0.6) is 5.75 Å². The van der Waals surface area contributed by atoms with Crippen LogP contribution in [0.1, 0.15) is 22.8 Å². The summed E-state index contributed by atoms with van der Waals surface area (Å²) < 4.78 is 2.21. The third-order valence-corrected chi connectivity index (χ3v) is 3.90. The second kappa shape index (κ2) is 7.22. The van der Waals surface area contributed by atoms with Gasteiger partial charge in [0.25, 0.3) is 5.91 Å². The highest BCUT2D eigenvalue weighted by molar-refractivity contribution is 9.10. The molecule has 0 fully saturated rings. The Labute approximate surface area is 151 Å². The topological polar surface area (TPSA) is 105 Å². The van der Waals surface area contributed by atoms with Gasteiger partial charge in [0.15, 0.2) is 0 Å². The molecule has 0 spiro atoms. The maximum absolute atomic E-state index is 12.2. The molecule has 126 valence electrons. The van der Waals surface area contributed by atoms with Gasteiger partial charge in [-0.3, -0.25) is 4.79 Å². The molecule has 0 bridgehead atoms. The zero-order chi connectivity index (χ0) is 17.8. The number of carbonyl (C=O) groups is 1. The first-order chi connectivity index (χ1) is 12.0. The number of nitrogens with one attached hydrogen (secondary N) is 1. The van der Waals surface area contributed by atoms with Gasteiger partial charge < -0.3 is 5.11 Å². The van der Waals surface area contributed by atoms with E-state index in [1.54, 1.807) is 13.0 Å². The van der Waals surface area contributed by atoms with Gasteiger partial charge in [0.05, 0.1) is 17.0 Å². The van der Waals surface area contributed by atoms with Gasteiger partial charge in [-0.1, -0.05) is 28.1 Å². The number of phenols is 1. The fraction of sp³-hybridized carbons (Fsp3) is 0.0625. The summed E-state index contributed by atoms with van der Waals surface area (Å²) in [5.74, 6) is -0.621. The predicted molar refractivity (Wildman–Crippen MR) is 94.6 cm³/mol. The van der Waals surface area contributed by atoms with Crippen molar-refractivity contribution in [2.24, 2.45) is 5.10 Å². The Hall–Kier alpha value is -3.07. The number of benzene rings is 2. The SMILES string of the molecule is C/C(=N\NC(=O)c1cc(Br)ccc1O)c1cccc(-n2cnnn2)c1. The van der Waals surface area contributed by atoms with Crippen molar-refractivity contribution in [3.05, 3.63) is 64.4 Å². The van der Waals surface area contributed by atoms with Crippen LogP contribution in [0.25, 0.3) is 5.69 Å². The van der Waals surface area contributed by atoms with Crippen molar-refractivity contribution in [3.8, 4) is 11.4 Å². The lowest BCUT2D eigenvalue weighted by molar-refractivity contribution is 0.0952.